The van der Waals surface area contributed by atoms with Gasteiger partial charge in [0.1, 0.15) is 0 Å². The topological polar surface area (TPSA) is 71.1 Å². The Bertz CT molecular complexity index is 771. The molecule has 2 fully saturated rings. The zero-order valence-electron chi connectivity index (χ0n) is 16.9. The number of ether oxygens (including phenoxy) is 2. The summed E-state index contributed by atoms with van der Waals surface area (Å²) in [4.78, 5) is 29.3. The lowest BCUT2D eigenvalue weighted by molar-refractivity contribution is -0.132. The Morgan fingerprint density at radius 1 is 1.11 bits per heavy atom. The van der Waals surface area contributed by atoms with Crippen molar-refractivity contribution in [1.82, 2.24) is 15.1 Å². The molecule has 7 nitrogen and oxygen atoms in total. The third-order valence-corrected chi connectivity index (χ3v) is 6.37. The molecule has 0 aromatic heterocycles. The molecule has 3 aliphatic rings. The minimum Gasteiger partial charge on any atom is -0.454 e. The summed E-state index contributed by atoms with van der Waals surface area (Å²) in [6.07, 6.45) is 2.65. The van der Waals surface area contributed by atoms with Gasteiger partial charge in [0.05, 0.1) is 11.5 Å². The van der Waals surface area contributed by atoms with E-state index in [0.29, 0.717) is 5.75 Å². The number of carbonyl (C=O) groups is 2. The van der Waals surface area contributed by atoms with Crippen molar-refractivity contribution < 1.29 is 19.1 Å². The van der Waals surface area contributed by atoms with Gasteiger partial charge in [0, 0.05) is 32.7 Å². The first-order valence-electron chi connectivity index (χ1n) is 10.1. The third kappa shape index (κ3) is 3.43. The summed E-state index contributed by atoms with van der Waals surface area (Å²) in [5.41, 5.74) is 0.244. The lowest BCUT2D eigenvalue weighted by Crippen LogP contribution is -2.52. The molecule has 7 heteroatoms. The minimum absolute atomic E-state index is 0.0153. The summed E-state index contributed by atoms with van der Waals surface area (Å²) < 4.78 is 10.8. The summed E-state index contributed by atoms with van der Waals surface area (Å²) in [7, 11) is 1.87. The smallest absolute Gasteiger partial charge is 0.239 e. The van der Waals surface area contributed by atoms with Crippen LogP contribution in [0.3, 0.4) is 0 Å². The van der Waals surface area contributed by atoms with E-state index in [1.807, 2.05) is 44.0 Å². The number of piperidine rings is 1. The van der Waals surface area contributed by atoms with Crippen LogP contribution in [0.5, 0.6) is 11.5 Å². The Kier molecular flexibility index (Phi) is 4.95. The molecular formula is C21H29N3O4. The standard InChI is InChI=1S/C21H29N3O4/c1-21(2,14-4-5-17-18(12-14)28-13-27-17)20(26)22-15-6-10-24(11-7-15)16-8-9-23(3)19(16)25/h4-5,12,15-16H,6-11,13H2,1-3H3,(H,22,26). The normalized spacial score (nSPS) is 23.3. The quantitative estimate of drug-likeness (QED) is 0.848. The predicted molar refractivity (Wildman–Crippen MR) is 104 cm³/mol. The van der Waals surface area contributed by atoms with E-state index in [-0.39, 0.29) is 30.7 Å². The summed E-state index contributed by atoms with van der Waals surface area (Å²) >= 11 is 0. The number of carbonyl (C=O) groups excluding carboxylic acids is 2. The number of hydrogen-bond acceptors (Lipinski definition) is 5. The van der Waals surface area contributed by atoms with Gasteiger partial charge >= 0.3 is 0 Å². The monoisotopic (exact) mass is 387 g/mol. The van der Waals surface area contributed by atoms with Gasteiger partial charge in [0.25, 0.3) is 0 Å². The van der Waals surface area contributed by atoms with E-state index >= 15 is 0 Å². The maximum Gasteiger partial charge on any atom is 0.239 e. The van der Waals surface area contributed by atoms with Crippen LogP contribution in [0.1, 0.15) is 38.7 Å². The fourth-order valence-electron chi connectivity index (χ4n) is 4.28. The second-order valence-electron chi connectivity index (χ2n) is 8.54. The van der Waals surface area contributed by atoms with Crippen LogP contribution in [0.15, 0.2) is 18.2 Å². The number of likely N-dealkylation sites (N-methyl/N-ethyl adjacent to an activating group) is 1. The summed E-state index contributed by atoms with van der Waals surface area (Å²) in [5.74, 6) is 1.66. The zero-order valence-corrected chi connectivity index (χ0v) is 16.9. The number of benzene rings is 1. The molecule has 3 heterocycles. The van der Waals surface area contributed by atoms with Crippen molar-refractivity contribution in [1.29, 1.82) is 0 Å². The van der Waals surface area contributed by atoms with Crippen LogP contribution in [-0.2, 0) is 15.0 Å². The average molecular weight is 387 g/mol. The Balaban J connectivity index is 1.34. The number of likely N-dealkylation sites (tertiary alicyclic amines) is 2. The molecule has 0 radical (unpaired) electrons. The van der Waals surface area contributed by atoms with E-state index in [1.165, 1.54) is 0 Å². The molecular weight excluding hydrogens is 358 g/mol. The van der Waals surface area contributed by atoms with Gasteiger partial charge < -0.3 is 19.7 Å². The van der Waals surface area contributed by atoms with Gasteiger partial charge in [-0.15, -0.1) is 0 Å². The fraction of sp³-hybridized carbons (Fsp3) is 0.619. The lowest BCUT2D eigenvalue weighted by atomic mass is 9.83. The molecule has 1 N–H and O–H groups in total. The van der Waals surface area contributed by atoms with Gasteiger partial charge in [0.15, 0.2) is 11.5 Å². The fourth-order valence-corrected chi connectivity index (χ4v) is 4.28. The van der Waals surface area contributed by atoms with Crippen LogP contribution in [-0.4, -0.2) is 67.2 Å². The molecule has 2 saturated heterocycles. The third-order valence-electron chi connectivity index (χ3n) is 6.37. The Morgan fingerprint density at radius 2 is 1.82 bits per heavy atom. The maximum atomic E-state index is 13.0. The Labute approximate surface area is 166 Å². The van der Waals surface area contributed by atoms with E-state index in [4.69, 9.17) is 9.47 Å². The largest absolute Gasteiger partial charge is 0.454 e. The molecule has 152 valence electrons. The molecule has 0 saturated carbocycles. The van der Waals surface area contributed by atoms with Crippen LogP contribution < -0.4 is 14.8 Å². The Morgan fingerprint density at radius 3 is 2.50 bits per heavy atom. The van der Waals surface area contributed by atoms with E-state index in [9.17, 15) is 9.59 Å². The van der Waals surface area contributed by atoms with Gasteiger partial charge in [-0.25, -0.2) is 0 Å². The summed E-state index contributed by atoms with van der Waals surface area (Å²) in [6, 6.07) is 5.85. The van der Waals surface area contributed by atoms with E-state index in [1.54, 1.807) is 0 Å². The van der Waals surface area contributed by atoms with E-state index in [0.717, 1.165) is 50.2 Å². The second kappa shape index (κ2) is 7.28. The number of nitrogens with one attached hydrogen (secondary N) is 1. The molecule has 4 rings (SSSR count). The van der Waals surface area contributed by atoms with Crippen molar-refractivity contribution in [3.63, 3.8) is 0 Å². The lowest BCUT2D eigenvalue weighted by Gasteiger charge is -2.36. The molecule has 0 bridgehead atoms. The highest BCUT2D eigenvalue weighted by Crippen LogP contribution is 2.36. The molecule has 1 aromatic carbocycles. The number of hydrogen-bond donors (Lipinski definition) is 1. The minimum atomic E-state index is -0.664. The van der Waals surface area contributed by atoms with Crippen LogP contribution in [0, 0.1) is 0 Å². The molecule has 1 unspecified atom stereocenters. The highest BCUT2D eigenvalue weighted by molar-refractivity contribution is 5.88. The predicted octanol–water partition coefficient (Wildman–Crippen LogP) is 1.50. The molecule has 0 spiro atoms. The average Bonchev–Trinajstić information content (AvgIpc) is 3.29. The van der Waals surface area contributed by atoms with Gasteiger partial charge in [-0.2, -0.15) is 0 Å². The highest BCUT2D eigenvalue weighted by Gasteiger charge is 2.37. The summed E-state index contributed by atoms with van der Waals surface area (Å²) in [5, 5.41) is 3.22. The second-order valence-corrected chi connectivity index (χ2v) is 8.54. The van der Waals surface area contributed by atoms with Crippen molar-refractivity contribution >= 4 is 11.8 Å². The Hall–Kier alpha value is -2.28. The van der Waals surface area contributed by atoms with Crippen LogP contribution in [0.4, 0.5) is 0 Å². The SMILES string of the molecule is CN1CCC(N2CCC(NC(=O)C(C)(C)c3ccc4c(c3)OCO4)CC2)C1=O. The number of fused-ring (bicyclic) bond motifs is 1. The highest BCUT2D eigenvalue weighted by atomic mass is 16.7. The first-order valence-corrected chi connectivity index (χ1v) is 10.1. The van der Waals surface area contributed by atoms with Crippen molar-refractivity contribution in [3.05, 3.63) is 23.8 Å². The van der Waals surface area contributed by atoms with Gasteiger partial charge in [0.2, 0.25) is 18.6 Å². The van der Waals surface area contributed by atoms with Crippen LogP contribution >= 0.6 is 0 Å². The van der Waals surface area contributed by atoms with E-state index < -0.39 is 5.41 Å². The molecule has 3 aliphatic heterocycles. The van der Waals surface area contributed by atoms with Gasteiger partial charge in [-0.05, 0) is 50.8 Å². The molecule has 2 amide bonds. The number of rotatable bonds is 4. The first-order chi connectivity index (χ1) is 13.4. The maximum absolute atomic E-state index is 13.0. The first kappa shape index (κ1) is 19.1. The van der Waals surface area contributed by atoms with E-state index in [2.05, 4.69) is 10.2 Å². The van der Waals surface area contributed by atoms with Crippen molar-refractivity contribution in [2.45, 2.75) is 50.6 Å². The van der Waals surface area contributed by atoms with Crippen LogP contribution in [0.2, 0.25) is 0 Å². The van der Waals surface area contributed by atoms with Crippen molar-refractivity contribution in [2.75, 3.05) is 33.5 Å². The molecule has 28 heavy (non-hydrogen) atoms. The summed E-state index contributed by atoms with van der Waals surface area (Å²) in [6.45, 7) is 6.62. The van der Waals surface area contributed by atoms with Crippen molar-refractivity contribution in [2.24, 2.45) is 0 Å². The van der Waals surface area contributed by atoms with Gasteiger partial charge in [-0.1, -0.05) is 6.07 Å². The van der Waals surface area contributed by atoms with Gasteiger partial charge in [-0.3, -0.25) is 14.5 Å². The number of amides is 2. The molecule has 1 atom stereocenters. The molecule has 0 aliphatic carbocycles. The molecule has 1 aromatic rings. The number of nitrogens with zero attached hydrogens (tertiary/aromatic N) is 2. The van der Waals surface area contributed by atoms with Crippen LogP contribution in [0.25, 0.3) is 0 Å². The zero-order chi connectivity index (χ0) is 19.9. The van der Waals surface area contributed by atoms with Crippen molar-refractivity contribution in [3.8, 4) is 11.5 Å².